The quantitative estimate of drug-likeness (QED) is 0.447. The molecule has 1 aliphatic rings. The first kappa shape index (κ1) is 20.3. The number of hydrogen-bond acceptors (Lipinski definition) is 5. The first-order valence-corrected chi connectivity index (χ1v) is 10.7. The first-order valence-electron chi connectivity index (χ1n) is 10.3. The van der Waals surface area contributed by atoms with E-state index in [-0.39, 0.29) is 5.91 Å². The van der Waals surface area contributed by atoms with Gasteiger partial charge in [0.2, 0.25) is 5.91 Å². The highest BCUT2D eigenvalue weighted by atomic mass is 35.5. The number of carbonyl (C=O) groups excluding carboxylic acids is 1. The molecule has 0 fully saturated rings. The van der Waals surface area contributed by atoms with E-state index in [9.17, 15) is 4.79 Å². The minimum Gasteiger partial charge on any atom is -0.489 e. The van der Waals surface area contributed by atoms with Gasteiger partial charge in [0.15, 0.2) is 11.5 Å². The van der Waals surface area contributed by atoms with E-state index in [1.165, 1.54) is 0 Å². The summed E-state index contributed by atoms with van der Waals surface area (Å²) in [7, 11) is 0. The molecule has 6 nitrogen and oxygen atoms in total. The molecule has 2 aromatic carbocycles. The first-order chi connectivity index (χ1) is 15.7. The maximum absolute atomic E-state index is 13.3. The van der Waals surface area contributed by atoms with E-state index >= 15 is 0 Å². The minimum atomic E-state index is -0.417. The molecule has 7 heteroatoms. The summed E-state index contributed by atoms with van der Waals surface area (Å²) in [5.74, 6) is 0.536. The molecule has 4 aromatic rings. The van der Waals surface area contributed by atoms with Gasteiger partial charge in [-0.15, -0.1) is 0 Å². The summed E-state index contributed by atoms with van der Waals surface area (Å²) in [6.07, 6.45) is 7.42. The summed E-state index contributed by atoms with van der Waals surface area (Å²) in [6, 6.07) is 15.1. The summed E-state index contributed by atoms with van der Waals surface area (Å²) in [4.78, 5) is 21.6. The number of halogens is 1. The zero-order chi connectivity index (χ0) is 21.9. The fraction of sp³-hybridized carbons (Fsp3) is 0.160. The fourth-order valence-corrected chi connectivity index (χ4v) is 4.11. The number of pyridine rings is 2. The number of anilines is 1. The number of ether oxygens (including phenoxy) is 2. The largest absolute Gasteiger partial charge is 0.489 e. The van der Waals surface area contributed by atoms with Crippen molar-refractivity contribution < 1.29 is 14.3 Å². The van der Waals surface area contributed by atoms with E-state index in [1.54, 1.807) is 36.9 Å². The zero-order valence-electron chi connectivity index (χ0n) is 17.1. The van der Waals surface area contributed by atoms with Crippen molar-refractivity contribution in [2.24, 2.45) is 0 Å². The van der Waals surface area contributed by atoms with Crippen LogP contribution in [0, 0.1) is 0 Å². The summed E-state index contributed by atoms with van der Waals surface area (Å²) < 4.78 is 11.9. The Morgan fingerprint density at radius 2 is 1.97 bits per heavy atom. The lowest BCUT2D eigenvalue weighted by atomic mass is 9.91. The number of nitrogens with one attached hydrogen (secondary N) is 1. The van der Waals surface area contributed by atoms with Crippen molar-refractivity contribution in [3.05, 3.63) is 89.5 Å². The van der Waals surface area contributed by atoms with Gasteiger partial charge in [-0.1, -0.05) is 35.9 Å². The SMILES string of the molecule is O=C(Nc1cncc2ccccc12)C1CCOc2c(OCc3ccncc3)cc(Cl)cc21. The third kappa shape index (κ3) is 4.09. The topological polar surface area (TPSA) is 73.3 Å². The van der Waals surface area contributed by atoms with Crippen LogP contribution in [-0.4, -0.2) is 22.5 Å². The van der Waals surface area contributed by atoms with Gasteiger partial charge in [-0.3, -0.25) is 14.8 Å². The van der Waals surface area contributed by atoms with Crippen molar-refractivity contribution in [2.75, 3.05) is 11.9 Å². The van der Waals surface area contributed by atoms with Crippen LogP contribution >= 0.6 is 11.6 Å². The highest BCUT2D eigenvalue weighted by Crippen LogP contribution is 2.43. The molecule has 0 aliphatic carbocycles. The molecule has 0 radical (unpaired) electrons. The number of benzene rings is 2. The van der Waals surface area contributed by atoms with E-state index in [0.717, 1.165) is 21.9 Å². The van der Waals surface area contributed by atoms with E-state index in [4.69, 9.17) is 21.1 Å². The lowest BCUT2D eigenvalue weighted by Gasteiger charge is -2.27. The Labute approximate surface area is 190 Å². The number of nitrogens with zero attached hydrogens (tertiary/aromatic N) is 2. The summed E-state index contributed by atoms with van der Waals surface area (Å²) in [5.41, 5.74) is 2.37. The molecular weight excluding hydrogens is 426 g/mol. The molecule has 0 saturated carbocycles. The van der Waals surface area contributed by atoms with Gasteiger partial charge in [-0.2, -0.15) is 0 Å². The Kier molecular flexibility index (Phi) is 5.60. The number of carbonyl (C=O) groups is 1. The number of rotatable bonds is 5. The van der Waals surface area contributed by atoms with E-state index in [1.807, 2.05) is 36.4 Å². The van der Waals surface area contributed by atoms with Crippen molar-refractivity contribution in [1.29, 1.82) is 0 Å². The van der Waals surface area contributed by atoms with Crippen LogP contribution in [0.1, 0.15) is 23.5 Å². The summed E-state index contributed by atoms with van der Waals surface area (Å²) >= 11 is 6.38. The monoisotopic (exact) mass is 445 g/mol. The Morgan fingerprint density at radius 3 is 2.84 bits per heavy atom. The molecule has 2 aromatic heterocycles. The Morgan fingerprint density at radius 1 is 1.12 bits per heavy atom. The average Bonchev–Trinajstić information content (AvgIpc) is 2.83. The zero-order valence-corrected chi connectivity index (χ0v) is 17.9. The summed E-state index contributed by atoms with van der Waals surface area (Å²) in [5, 5.41) is 5.44. The van der Waals surface area contributed by atoms with Crippen LogP contribution in [0.15, 0.2) is 73.3 Å². The average molecular weight is 446 g/mol. The molecule has 0 saturated heterocycles. The van der Waals surface area contributed by atoms with Crippen molar-refractivity contribution in [3.63, 3.8) is 0 Å². The van der Waals surface area contributed by atoms with E-state index in [0.29, 0.717) is 41.8 Å². The van der Waals surface area contributed by atoms with Gasteiger partial charge in [0.1, 0.15) is 6.61 Å². The predicted molar refractivity (Wildman–Crippen MR) is 123 cm³/mol. The number of aromatic nitrogens is 2. The lowest BCUT2D eigenvalue weighted by Crippen LogP contribution is -2.27. The van der Waals surface area contributed by atoms with Gasteiger partial charge in [0, 0.05) is 46.0 Å². The van der Waals surface area contributed by atoms with Gasteiger partial charge in [0.25, 0.3) is 0 Å². The van der Waals surface area contributed by atoms with E-state index < -0.39 is 5.92 Å². The van der Waals surface area contributed by atoms with Gasteiger partial charge < -0.3 is 14.8 Å². The standard InChI is InChI=1S/C25H20ClN3O3/c26-18-11-21-20(25(30)29-22-14-28-13-17-3-1-2-4-19(17)22)7-10-31-24(21)23(12-18)32-15-16-5-8-27-9-6-16/h1-6,8-9,11-14,20H,7,10,15H2,(H,29,30). The Balaban J connectivity index is 1.42. The number of fused-ring (bicyclic) bond motifs is 2. The Hall–Kier alpha value is -3.64. The second kappa shape index (κ2) is 8.85. The van der Waals surface area contributed by atoms with Gasteiger partial charge in [-0.05, 0) is 30.2 Å². The second-order valence-corrected chi connectivity index (χ2v) is 7.99. The normalized spacial score (nSPS) is 15.0. The van der Waals surface area contributed by atoms with E-state index in [2.05, 4.69) is 15.3 Å². The molecule has 160 valence electrons. The molecule has 32 heavy (non-hydrogen) atoms. The second-order valence-electron chi connectivity index (χ2n) is 7.55. The minimum absolute atomic E-state index is 0.130. The van der Waals surface area contributed by atoms with Crippen LogP contribution in [0.5, 0.6) is 11.5 Å². The highest BCUT2D eigenvalue weighted by Gasteiger charge is 2.31. The molecule has 3 heterocycles. The Bertz CT molecular complexity index is 1270. The van der Waals surface area contributed by atoms with Crippen LogP contribution in [0.2, 0.25) is 5.02 Å². The maximum Gasteiger partial charge on any atom is 0.232 e. The van der Waals surface area contributed by atoms with Crippen LogP contribution in [0.25, 0.3) is 10.8 Å². The third-order valence-electron chi connectivity index (χ3n) is 5.46. The molecule has 1 aliphatic heterocycles. The number of hydrogen-bond donors (Lipinski definition) is 1. The van der Waals surface area contributed by atoms with Gasteiger partial charge in [-0.25, -0.2) is 0 Å². The van der Waals surface area contributed by atoms with Crippen molar-refractivity contribution in [3.8, 4) is 11.5 Å². The third-order valence-corrected chi connectivity index (χ3v) is 5.68. The van der Waals surface area contributed by atoms with Crippen molar-refractivity contribution in [1.82, 2.24) is 9.97 Å². The summed E-state index contributed by atoms with van der Waals surface area (Å²) in [6.45, 7) is 0.753. The smallest absolute Gasteiger partial charge is 0.232 e. The molecule has 0 bridgehead atoms. The van der Waals surface area contributed by atoms with Crippen LogP contribution in [-0.2, 0) is 11.4 Å². The lowest BCUT2D eigenvalue weighted by molar-refractivity contribution is -0.118. The van der Waals surface area contributed by atoms with Crippen LogP contribution in [0.3, 0.4) is 0 Å². The molecule has 0 spiro atoms. The van der Waals surface area contributed by atoms with Gasteiger partial charge >= 0.3 is 0 Å². The molecule has 1 atom stereocenters. The highest BCUT2D eigenvalue weighted by molar-refractivity contribution is 6.31. The van der Waals surface area contributed by atoms with Crippen molar-refractivity contribution >= 4 is 34.0 Å². The maximum atomic E-state index is 13.3. The fourth-order valence-electron chi connectivity index (χ4n) is 3.89. The van der Waals surface area contributed by atoms with Crippen LogP contribution in [0.4, 0.5) is 5.69 Å². The predicted octanol–water partition coefficient (Wildman–Crippen LogP) is 5.37. The molecule has 5 rings (SSSR count). The van der Waals surface area contributed by atoms with Crippen LogP contribution < -0.4 is 14.8 Å². The van der Waals surface area contributed by atoms with Crippen molar-refractivity contribution in [2.45, 2.75) is 18.9 Å². The molecule has 1 unspecified atom stereocenters. The molecule has 1 N–H and O–H groups in total. The van der Waals surface area contributed by atoms with Gasteiger partial charge in [0.05, 0.1) is 24.4 Å². The molecular formula is C25H20ClN3O3. The molecule has 1 amide bonds. The number of amides is 1.